The zero-order valence-electron chi connectivity index (χ0n) is 15.0. The number of hydrogen-bond acceptors (Lipinski definition) is 5. The number of carbonyl (C=O) groups excluding carboxylic acids is 1. The van der Waals surface area contributed by atoms with Gasteiger partial charge in [-0.3, -0.25) is 0 Å². The number of hydrogen-bond donors (Lipinski definition) is 0. The van der Waals surface area contributed by atoms with Crippen LogP contribution in [0.5, 0.6) is 5.75 Å². The van der Waals surface area contributed by atoms with E-state index in [4.69, 9.17) is 13.9 Å². The van der Waals surface area contributed by atoms with Crippen molar-refractivity contribution >= 4 is 16.9 Å². The van der Waals surface area contributed by atoms with Crippen LogP contribution in [0.25, 0.3) is 11.0 Å². The molecule has 3 aromatic rings. The summed E-state index contributed by atoms with van der Waals surface area (Å²) in [5, 5.41) is 0.748. The van der Waals surface area contributed by atoms with E-state index in [0.29, 0.717) is 16.9 Å². The van der Waals surface area contributed by atoms with Gasteiger partial charge in [0.25, 0.3) is 0 Å². The van der Waals surface area contributed by atoms with Crippen LogP contribution in [-0.4, -0.2) is 12.6 Å². The highest BCUT2D eigenvalue weighted by Gasteiger charge is 2.10. The maximum atomic E-state index is 12.0. The van der Waals surface area contributed by atoms with E-state index in [1.54, 1.807) is 6.07 Å². The zero-order valence-corrected chi connectivity index (χ0v) is 15.0. The fourth-order valence-electron chi connectivity index (χ4n) is 2.81. The molecule has 0 atom stereocenters. The van der Waals surface area contributed by atoms with Crippen LogP contribution < -0.4 is 10.4 Å². The standard InChI is InChI=1S/C21H20O5/c1-13-4-5-18-16(10-20(22)26-19(18)9-13)11-25-21(23)12-24-17-7-14(2)6-15(3)8-17/h4-10H,11-12H2,1-3H3. The van der Waals surface area contributed by atoms with Crippen LogP contribution in [0.15, 0.2) is 51.7 Å². The second-order valence-corrected chi connectivity index (χ2v) is 6.36. The molecule has 2 aromatic carbocycles. The molecule has 1 heterocycles. The molecule has 0 saturated heterocycles. The third-order valence-electron chi connectivity index (χ3n) is 3.93. The lowest BCUT2D eigenvalue weighted by molar-refractivity contribution is -0.147. The molecule has 0 radical (unpaired) electrons. The van der Waals surface area contributed by atoms with Gasteiger partial charge in [0.05, 0.1) is 0 Å². The monoisotopic (exact) mass is 352 g/mol. The summed E-state index contributed by atoms with van der Waals surface area (Å²) in [6.45, 7) is 5.63. The first-order valence-corrected chi connectivity index (χ1v) is 8.31. The van der Waals surface area contributed by atoms with Crippen molar-refractivity contribution in [3.63, 3.8) is 0 Å². The van der Waals surface area contributed by atoms with Gasteiger partial charge < -0.3 is 13.9 Å². The van der Waals surface area contributed by atoms with E-state index in [0.717, 1.165) is 22.1 Å². The summed E-state index contributed by atoms with van der Waals surface area (Å²) in [5.74, 6) is 0.124. The Morgan fingerprint density at radius 3 is 2.42 bits per heavy atom. The molecular formula is C21H20O5. The van der Waals surface area contributed by atoms with Gasteiger partial charge in [-0.25, -0.2) is 9.59 Å². The lowest BCUT2D eigenvalue weighted by Crippen LogP contribution is -2.15. The van der Waals surface area contributed by atoms with Crippen molar-refractivity contribution in [2.45, 2.75) is 27.4 Å². The zero-order chi connectivity index (χ0) is 18.7. The Morgan fingerprint density at radius 1 is 0.962 bits per heavy atom. The van der Waals surface area contributed by atoms with Crippen molar-refractivity contribution in [2.24, 2.45) is 0 Å². The molecule has 0 amide bonds. The first-order chi connectivity index (χ1) is 12.4. The largest absolute Gasteiger partial charge is 0.482 e. The molecular weight excluding hydrogens is 332 g/mol. The Kier molecular flexibility index (Phi) is 5.07. The molecule has 0 aliphatic carbocycles. The van der Waals surface area contributed by atoms with Crippen LogP contribution in [0.3, 0.4) is 0 Å². The smallest absolute Gasteiger partial charge is 0.344 e. The molecule has 5 nitrogen and oxygen atoms in total. The summed E-state index contributed by atoms with van der Waals surface area (Å²) in [7, 11) is 0. The van der Waals surface area contributed by atoms with Crippen molar-refractivity contribution in [1.29, 1.82) is 0 Å². The summed E-state index contributed by atoms with van der Waals surface area (Å²) >= 11 is 0. The molecule has 0 N–H and O–H groups in total. The van der Waals surface area contributed by atoms with Gasteiger partial charge >= 0.3 is 11.6 Å². The highest BCUT2D eigenvalue weighted by Crippen LogP contribution is 2.19. The van der Waals surface area contributed by atoms with Crippen LogP contribution >= 0.6 is 0 Å². The van der Waals surface area contributed by atoms with Gasteiger partial charge in [-0.05, 0) is 55.7 Å². The van der Waals surface area contributed by atoms with E-state index < -0.39 is 11.6 Å². The number of carbonyl (C=O) groups is 1. The summed E-state index contributed by atoms with van der Waals surface area (Å²) < 4.78 is 15.9. The first kappa shape index (κ1) is 17.7. The normalized spacial score (nSPS) is 10.7. The first-order valence-electron chi connectivity index (χ1n) is 8.31. The van der Waals surface area contributed by atoms with Crippen molar-refractivity contribution in [3.05, 3.63) is 75.1 Å². The number of aryl methyl sites for hydroxylation is 3. The van der Waals surface area contributed by atoms with Gasteiger partial charge in [-0.2, -0.15) is 0 Å². The van der Waals surface area contributed by atoms with E-state index in [2.05, 4.69) is 0 Å². The van der Waals surface area contributed by atoms with Crippen molar-refractivity contribution in [1.82, 2.24) is 0 Å². The molecule has 0 bridgehead atoms. The summed E-state index contributed by atoms with van der Waals surface area (Å²) in [6.07, 6.45) is 0. The summed E-state index contributed by atoms with van der Waals surface area (Å²) in [5.41, 5.74) is 3.72. The Labute approximate surface area is 151 Å². The molecule has 134 valence electrons. The topological polar surface area (TPSA) is 65.7 Å². The number of benzene rings is 2. The van der Waals surface area contributed by atoms with Gasteiger partial charge in [0, 0.05) is 17.0 Å². The predicted molar refractivity (Wildman–Crippen MR) is 98.4 cm³/mol. The summed E-state index contributed by atoms with van der Waals surface area (Å²) in [6, 6.07) is 12.6. The number of rotatable bonds is 5. The van der Waals surface area contributed by atoms with E-state index in [1.807, 2.05) is 51.1 Å². The quantitative estimate of drug-likeness (QED) is 0.516. The Morgan fingerprint density at radius 2 is 1.69 bits per heavy atom. The van der Waals surface area contributed by atoms with Crippen molar-refractivity contribution < 1.29 is 18.7 Å². The molecule has 0 unspecified atom stereocenters. The van der Waals surface area contributed by atoms with Crippen molar-refractivity contribution in [2.75, 3.05) is 6.61 Å². The lowest BCUT2D eigenvalue weighted by atomic mass is 10.1. The average molecular weight is 352 g/mol. The molecule has 0 spiro atoms. The highest BCUT2D eigenvalue weighted by atomic mass is 16.6. The number of esters is 1. The maximum absolute atomic E-state index is 12.0. The molecule has 5 heteroatoms. The van der Waals surface area contributed by atoms with Gasteiger partial charge in [-0.1, -0.05) is 18.2 Å². The predicted octanol–water partition coefficient (Wildman–Crippen LogP) is 3.84. The third-order valence-corrected chi connectivity index (χ3v) is 3.93. The molecule has 0 aliphatic rings. The van der Waals surface area contributed by atoms with Gasteiger partial charge in [0.1, 0.15) is 17.9 Å². The molecule has 1 aromatic heterocycles. The van der Waals surface area contributed by atoms with Gasteiger partial charge in [0.2, 0.25) is 0 Å². The Bertz CT molecular complexity index is 996. The van der Waals surface area contributed by atoms with Crippen LogP contribution in [0.4, 0.5) is 0 Å². The molecule has 26 heavy (non-hydrogen) atoms. The van der Waals surface area contributed by atoms with E-state index in [-0.39, 0.29) is 13.2 Å². The van der Waals surface area contributed by atoms with Gasteiger partial charge in [0.15, 0.2) is 6.61 Å². The number of ether oxygens (including phenoxy) is 2. The summed E-state index contributed by atoms with van der Waals surface area (Å²) in [4.78, 5) is 23.7. The Balaban J connectivity index is 1.66. The fourth-order valence-corrected chi connectivity index (χ4v) is 2.81. The van der Waals surface area contributed by atoms with Crippen LogP contribution in [0.1, 0.15) is 22.3 Å². The van der Waals surface area contributed by atoms with Crippen LogP contribution in [-0.2, 0) is 16.1 Å². The second kappa shape index (κ2) is 7.44. The minimum Gasteiger partial charge on any atom is -0.482 e. The Hall–Kier alpha value is -3.08. The SMILES string of the molecule is Cc1cc(C)cc(OCC(=O)OCc2cc(=O)oc3cc(C)ccc23)c1. The minimum atomic E-state index is -0.502. The molecule has 0 aliphatic heterocycles. The van der Waals surface area contributed by atoms with E-state index >= 15 is 0 Å². The van der Waals surface area contributed by atoms with Crippen LogP contribution in [0, 0.1) is 20.8 Å². The fraction of sp³-hybridized carbons (Fsp3) is 0.238. The molecule has 0 saturated carbocycles. The molecule has 0 fully saturated rings. The van der Waals surface area contributed by atoms with Crippen LogP contribution in [0.2, 0.25) is 0 Å². The lowest BCUT2D eigenvalue weighted by Gasteiger charge is -2.10. The van der Waals surface area contributed by atoms with Gasteiger partial charge in [-0.15, -0.1) is 0 Å². The number of fused-ring (bicyclic) bond motifs is 1. The van der Waals surface area contributed by atoms with Crippen molar-refractivity contribution in [3.8, 4) is 5.75 Å². The minimum absolute atomic E-state index is 0.0137. The maximum Gasteiger partial charge on any atom is 0.344 e. The third kappa shape index (κ3) is 4.30. The second-order valence-electron chi connectivity index (χ2n) is 6.36. The van der Waals surface area contributed by atoms with E-state index in [9.17, 15) is 9.59 Å². The van der Waals surface area contributed by atoms with E-state index in [1.165, 1.54) is 6.07 Å². The molecule has 3 rings (SSSR count). The highest BCUT2D eigenvalue weighted by molar-refractivity contribution is 5.81. The average Bonchev–Trinajstić information content (AvgIpc) is 2.56.